The zero-order valence-electron chi connectivity index (χ0n) is 21.3. The topological polar surface area (TPSA) is 67.4 Å². The van der Waals surface area contributed by atoms with E-state index in [2.05, 4.69) is 34.9 Å². The van der Waals surface area contributed by atoms with Crippen LogP contribution in [0.5, 0.6) is 0 Å². The molecule has 4 atom stereocenters. The fraction of sp³-hybridized carbons (Fsp3) is 0.355. The molecule has 5 nitrogen and oxygen atoms in total. The predicted octanol–water partition coefficient (Wildman–Crippen LogP) is 6.63. The van der Waals surface area contributed by atoms with Gasteiger partial charge in [0.2, 0.25) is 5.91 Å². The highest BCUT2D eigenvalue weighted by atomic mass is 35.5. The molecule has 1 saturated heterocycles. The van der Waals surface area contributed by atoms with Crippen molar-refractivity contribution in [3.63, 3.8) is 0 Å². The molecular weight excluding hydrogens is 519 g/mol. The van der Waals surface area contributed by atoms with Crippen LogP contribution in [0.15, 0.2) is 72.8 Å². The number of carbonyl (C=O) groups is 2. The number of benzene rings is 3. The normalized spacial score (nSPS) is 22.9. The summed E-state index contributed by atoms with van der Waals surface area (Å²) in [6.45, 7) is 0. The summed E-state index contributed by atoms with van der Waals surface area (Å²) >= 11 is 12.4. The van der Waals surface area contributed by atoms with Crippen LogP contribution < -0.4 is 10.6 Å². The highest BCUT2D eigenvalue weighted by Crippen LogP contribution is 2.45. The van der Waals surface area contributed by atoms with Crippen molar-refractivity contribution >= 4 is 40.8 Å². The van der Waals surface area contributed by atoms with Crippen LogP contribution >= 0.6 is 23.2 Å². The van der Waals surface area contributed by atoms with Crippen molar-refractivity contribution in [3.05, 3.63) is 99.5 Å². The van der Waals surface area contributed by atoms with Crippen molar-refractivity contribution < 1.29 is 14.3 Å². The molecule has 198 valence electrons. The van der Waals surface area contributed by atoms with E-state index in [0.717, 1.165) is 40.6 Å². The third-order valence-corrected chi connectivity index (χ3v) is 8.52. The zero-order chi connectivity index (χ0) is 26.6. The number of rotatable bonds is 7. The summed E-state index contributed by atoms with van der Waals surface area (Å²) in [6.07, 6.45) is 3.62. The number of ether oxygens (including phenoxy) is 1. The Bertz CT molecular complexity index is 1220. The van der Waals surface area contributed by atoms with Gasteiger partial charge in [-0.05, 0) is 78.3 Å². The van der Waals surface area contributed by atoms with Crippen molar-refractivity contribution in [2.45, 2.75) is 50.1 Å². The average Bonchev–Trinajstić information content (AvgIpc) is 2.92. The second kappa shape index (κ2) is 11.8. The molecular formula is C31H32Cl2N2O3. The van der Waals surface area contributed by atoms with E-state index in [1.165, 1.54) is 18.2 Å². The summed E-state index contributed by atoms with van der Waals surface area (Å²) in [5.74, 6) is 0.739. The summed E-state index contributed by atoms with van der Waals surface area (Å²) in [4.78, 5) is 24.2. The molecule has 38 heavy (non-hydrogen) atoms. The number of amides is 1. The Balaban J connectivity index is 1.38. The maximum atomic E-state index is 12.6. The van der Waals surface area contributed by atoms with Gasteiger partial charge in [0.25, 0.3) is 0 Å². The van der Waals surface area contributed by atoms with Gasteiger partial charge in [-0.15, -0.1) is 0 Å². The Morgan fingerprint density at radius 1 is 0.947 bits per heavy atom. The largest absolute Gasteiger partial charge is 0.469 e. The van der Waals surface area contributed by atoms with Crippen LogP contribution in [-0.2, 0) is 20.7 Å². The quantitative estimate of drug-likeness (QED) is 0.324. The van der Waals surface area contributed by atoms with Gasteiger partial charge in [-0.3, -0.25) is 9.59 Å². The zero-order valence-corrected chi connectivity index (χ0v) is 22.8. The minimum absolute atomic E-state index is 0.0269. The Morgan fingerprint density at radius 2 is 1.55 bits per heavy atom. The summed E-state index contributed by atoms with van der Waals surface area (Å²) in [5, 5.41) is 8.36. The predicted molar refractivity (Wildman–Crippen MR) is 152 cm³/mol. The van der Waals surface area contributed by atoms with Crippen molar-refractivity contribution in [2.75, 3.05) is 12.4 Å². The van der Waals surface area contributed by atoms with Crippen LogP contribution in [0, 0.1) is 11.8 Å². The number of nitrogens with one attached hydrogen (secondary N) is 2. The van der Waals surface area contributed by atoms with E-state index in [9.17, 15) is 9.59 Å². The van der Waals surface area contributed by atoms with Crippen molar-refractivity contribution in [1.29, 1.82) is 0 Å². The highest BCUT2D eigenvalue weighted by molar-refractivity contribution is 6.30. The van der Waals surface area contributed by atoms with E-state index in [4.69, 9.17) is 27.9 Å². The first-order chi connectivity index (χ1) is 18.4. The van der Waals surface area contributed by atoms with Gasteiger partial charge >= 0.3 is 5.97 Å². The Labute approximate surface area is 233 Å². The number of halogens is 2. The number of esters is 1. The lowest BCUT2D eigenvalue weighted by Crippen LogP contribution is -2.56. The van der Waals surface area contributed by atoms with E-state index >= 15 is 0 Å². The Morgan fingerprint density at radius 3 is 2.13 bits per heavy atom. The van der Waals surface area contributed by atoms with Crippen molar-refractivity contribution in [3.8, 4) is 0 Å². The number of hydrogen-bond acceptors (Lipinski definition) is 4. The number of fused-ring (bicyclic) bond motifs is 1. The SMILES string of the molecule is COC(=O)Cc1ccc(NC2CC(=O)NC3CCC(C(c4ccc(Cl)cc4)c4ccc(Cl)cc4)CC32)cc1. The maximum absolute atomic E-state index is 12.6. The third kappa shape index (κ3) is 6.16. The third-order valence-electron chi connectivity index (χ3n) is 8.02. The molecule has 4 unspecified atom stereocenters. The monoisotopic (exact) mass is 550 g/mol. The number of piperidine rings is 1. The van der Waals surface area contributed by atoms with Crippen molar-refractivity contribution in [2.24, 2.45) is 11.8 Å². The molecule has 3 aromatic rings. The fourth-order valence-electron chi connectivity index (χ4n) is 6.19. The van der Waals surface area contributed by atoms with Crippen LogP contribution in [0.3, 0.4) is 0 Å². The molecule has 2 N–H and O–H groups in total. The molecule has 2 fully saturated rings. The van der Waals surface area contributed by atoms with E-state index in [-0.39, 0.29) is 36.3 Å². The average molecular weight is 552 g/mol. The lowest BCUT2D eigenvalue weighted by atomic mass is 9.65. The summed E-state index contributed by atoms with van der Waals surface area (Å²) < 4.78 is 4.77. The molecule has 0 radical (unpaired) electrons. The minimum atomic E-state index is -0.262. The lowest BCUT2D eigenvalue weighted by molar-refractivity contribution is -0.139. The second-order valence-corrected chi connectivity index (χ2v) is 11.3. The van der Waals surface area contributed by atoms with Gasteiger partial charge in [0.15, 0.2) is 0 Å². The number of methoxy groups -OCH3 is 1. The first-order valence-electron chi connectivity index (χ1n) is 13.1. The lowest BCUT2D eigenvalue weighted by Gasteiger charge is -2.46. The van der Waals surface area contributed by atoms with E-state index < -0.39 is 0 Å². The summed E-state index contributed by atoms with van der Waals surface area (Å²) in [7, 11) is 1.39. The van der Waals surface area contributed by atoms with Gasteiger partial charge in [0.1, 0.15) is 0 Å². The number of hydrogen-bond donors (Lipinski definition) is 2. The first-order valence-corrected chi connectivity index (χ1v) is 13.9. The summed E-state index contributed by atoms with van der Waals surface area (Å²) in [5.41, 5.74) is 4.33. The molecule has 5 rings (SSSR count). The van der Waals surface area contributed by atoms with E-state index in [1.54, 1.807) is 0 Å². The molecule has 0 spiro atoms. The van der Waals surface area contributed by atoms with Crippen LogP contribution in [0.1, 0.15) is 48.3 Å². The number of carbonyl (C=O) groups excluding carboxylic acids is 2. The fourth-order valence-corrected chi connectivity index (χ4v) is 6.44. The highest BCUT2D eigenvalue weighted by Gasteiger charge is 2.43. The molecule has 1 amide bonds. The molecule has 1 aliphatic carbocycles. The molecule has 1 aliphatic heterocycles. The Kier molecular flexibility index (Phi) is 8.25. The molecule has 1 saturated carbocycles. The smallest absolute Gasteiger partial charge is 0.309 e. The van der Waals surface area contributed by atoms with Gasteiger partial charge in [-0.25, -0.2) is 0 Å². The standard InChI is InChI=1S/C31H32Cl2N2O3/c1-38-30(37)16-19-2-13-25(14-3-19)34-28-18-29(36)35-27-15-8-22(17-26(27)28)31(20-4-9-23(32)10-5-20)21-6-11-24(33)12-7-21/h2-7,9-14,22,26-28,31,34H,8,15-18H2,1H3,(H,35,36). The van der Waals surface area contributed by atoms with Crippen LogP contribution in [0.2, 0.25) is 10.0 Å². The molecule has 0 bridgehead atoms. The summed E-state index contributed by atoms with van der Waals surface area (Å²) in [6, 6.07) is 24.3. The second-order valence-electron chi connectivity index (χ2n) is 10.4. The maximum Gasteiger partial charge on any atom is 0.309 e. The van der Waals surface area contributed by atoms with Gasteiger partial charge in [-0.2, -0.15) is 0 Å². The van der Waals surface area contributed by atoms with E-state index in [1.807, 2.05) is 48.5 Å². The molecule has 3 aromatic carbocycles. The molecule has 1 heterocycles. The van der Waals surface area contributed by atoms with Crippen LogP contribution in [-0.4, -0.2) is 31.1 Å². The van der Waals surface area contributed by atoms with E-state index in [0.29, 0.717) is 18.3 Å². The Hall–Kier alpha value is -3.02. The first kappa shape index (κ1) is 26.6. The molecule has 0 aromatic heterocycles. The van der Waals surface area contributed by atoms with Crippen LogP contribution in [0.25, 0.3) is 0 Å². The van der Waals surface area contributed by atoms with Gasteiger partial charge in [-0.1, -0.05) is 59.6 Å². The van der Waals surface area contributed by atoms with Gasteiger partial charge in [0.05, 0.1) is 13.5 Å². The van der Waals surface area contributed by atoms with Gasteiger partial charge in [0, 0.05) is 46.1 Å². The van der Waals surface area contributed by atoms with Gasteiger partial charge < -0.3 is 15.4 Å². The van der Waals surface area contributed by atoms with Crippen molar-refractivity contribution in [1.82, 2.24) is 5.32 Å². The number of anilines is 1. The molecule has 2 aliphatic rings. The molecule has 7 heteroatoms. The van der Waals surface area contributed by atoms with Crippen LogP contribution in [0.4, 0.5) is 5.69 Å². The minimum Gasteiger partial charge on any atom is -0.469 e.